The smallest absolute Gasteiger partial charge is 0.329 e. The van der Waals surface area contributed by atoms with E-state index in [9.17, 15) is 10.1 Å². The largest absolute Gasteiger partial charge is 0.354 e. The molecule has 0 saturated heterocycles. The SMILES string of the molecule is CCNc1ncc([N+](=O)[O-])c(N(C)CCN(C)C)n1. The maximum absolute atomic E-state index is 11.0. The Labute approximate surface area is 112 Å². The summed E-state index contributed by atoms with van der Waals surface area (Å²) < 4.78 is 0. The van der Waals surface area contributed by atoms with Crippen LogP contribution in [0.15, 0.2) is 6.20 Å². The molecular weight excluding hydrogens is 248 g/mol. The van der Waals surface area contributed by atoms with Crippen molar-refractivity contribution in [3.05, 3.63) is 16.3 Å². The Morgan fingerprint density at radius 3 is 2.58 bits per heavy atom. The quantitative estimate of drug-likeness (QED) is 0.578. The molecule has 0 saturated carbocycles. The van der Waals surface area contributed by atoms with Gasteiger partial charge in [0.1, 0.15) is 6.20 Å². The molecule has 106 valence electrons. The Morgan fingerprint density at radius 1 is 1.37 bits per heavy atom. The Balaban J connectivity index is 2.99. The Bertz CT molecular complexity index is 437. The van der Waals surface area contributed by atoms with Crippen LogP contribution in [0, 0.1) is 10.1 Å². The summed E-state index contributed by atoms with van der Waals surface area (Å²) in [5.41, 5.74) is -0.0806. The van der Waals surface area contributed by atoms with Crippen LogP contribution in [-0.4, -0.2) is 60.6 Å². The van der Waals surface area contributed by atoms with E-state index >= 15 is 0 Å². The van der Waals surface area contributed by atoms with Crippen molar-refractivity contribution in [3.8, 4) is 0 Å². The zero-order chi connectivity index (χ0) is 14.4. The third kappa shape index (κ3) is 4.32. The summed E-state index contributed by atoms with van der Waals surface area (Å²) >= 11 is 0. The average molecular weight is 268 g/mol. The summed E-state index contributed by atoms with van der Waals surface area (Å²) in [6, 6.07) is 0. The number of anilines is 2. The lowest BCUT2D eigenvalue weighted by atomic mass is 10.4. The highest BCUT2D eigenvalue weighted by Crippen LogP contribution is 2.24. The topological polar surface area (TPSA) is 87.4 Å². The summed E-state index contributed by atoms with van der Waals surface area (Å²) in [4.78, 5) is 22.4. The molecule has 19 heavy (non-hydrogen) atoms. The lowest BCUT2D eigenvalue weighted by Crippen LogP contribution is -2.29. The Morgan fingerprint density at radius 2 is 2.05 bits per heavy atom. The number of hydrogen-bond donors (Lipinski definition) is 1. The van der Waals surface area contributed by atoms with Crippen LogP contribution in [0.4, 0.5) is 17.5 Å². The highest BCUT2D eigenvalue weighted by Gasteiger charge is 2.20. The molecule has 0 fully saturated rings. The zero-order valence-corrected chi connectivity index (χ0v) is 11.8. The lowest BCUT2D eigenvalue weighted by Gasteiger charge is -2.20. The van der Waals surface area contributed by atoms with Crippen molar-refractivity contribution < 1.29 is 4.92 Å². The van der Waals surface area contributed by atoms with E-state index in [-0.39, 0.29) is 5.69 Å². The van der Waals surface area contributed by atoms with Gasteiger partial charge >= 0.3 is 5.69 Å². The fraction of sp³-hybridized carbons (Fsp3) is 0.636. The van der Waals surface area contributed by atoms with E-state index in [0.29, 0.717) is 24.9 Å². The number of aromatic nitrogens is 2. The fourth-order valence-electron chi connectivity index (χ4n) is 1.48. The van der Waals surface area contributed by atoms with Crippen LogP contribution >= 0.6 is 0 Å². The summed E-state index contributed by atoms with van der Waals surface area (Å²) in [6.07, 6.45) is 1.24. The van der Waals surface area contributed by atoms with Gasteiger partial charge in [-0.2, -0.15) is 4.98 Å². The molecule has 8 heteroatoms. The third-order valence-corrected chi connectivity index (χ3v) is 2.53. The molecule has 0 unspecified atom stereocenters. The van der Waals surface area contributed by atoms with Crippen molar-refractivity contribution in [1.29, 1.82) is 0 Å². The van der Waals surface area contributed by atoms with Crippen LogP contribution in [0.1, 0.15) is 6.92 Å². The second-order valence-corrected chi connectivity index (χ2v) is 4.41. The van der Waals surface area contributed by atoms with Gasteiger partial charge in [-0.25, -0.2) is 4.98 Å². The Kier molecular flexibility index (Phi) is 5.43. The number of likely N-dealkylation sites (N-methyl/N-ethyl adjacent to an activating group) is 2. The molecule has 0 atom stereocenters. The van der Waals surface area contributed by atoms with Crippen LogP contribution in [-0.2, 0) is 0 Å². The van der Waals surface area contributed by atoms with Crippen molar-refractivity contribution in [2.45, 2.75) is 6.92 Å². The van der Waals surface area contributed by atoms with E-state index in [1.165, 1.54) is 6.20 Å². The monoisotopic (exact) mass is 268 g/mol. The molecule has 1 heterocycles. The van der Waals surface area contributed by atoms with Gasteiger partial charge < -0.3 is 15.1 Å². The van der Waals surface area contributed by atoms with Gasteiger partial charge in [-0.3, -0.25) is 10.1 Å². The summed E-state index contributed by atoms with van der Waals surface area (Å²) in [6.45, 7) is 4.02. The van der Waals surface area contributed by atoms with E-state index < -0.39 is 4.92 Å². The molecule has 0 aliphatic heterocycles. The molecule has 0 bridgehead atoms. The predicted octanol–water partition coefficient (Wildman–Crippen LogP) is 0.814. The lowest BCUT2D eigenvalue weighted by molar-refractivity contribution is -0.384. The molecule has 1 aromatic heterocycles. The van der Waals surface area contributed by atoms with Crippen LogP contribution in [0.25, 0.3) is 0 Å². The predicted molar refractivity (Wildman–Crippen MR) is 74.7 cm³/mol. The molecule has 1 N–H and O–H groups in total. The molecule has 0 aromatic carbocycles. The maximum atomic E-state index is 11.0. The number of nitrogens with zero attached hydrogens (tertiary/aromatic N) is 5. The van der Waals surface area contributed by atoms with Gasteiger partial charge in [0.05, 0.1) is 4.92 Å². The van der Waals surface area contributed by atoms with Crippen LogP contribution in [0.2, 0.25) is 0 Å². The minimum atomic E-state index is -0.461. The first-order chi connectivity index (χ1) is 8.95. The van der Waals surface area contributed by atoms with Gasteiger partial charge in [-0.05, 0) is 21.0 Å². The van der Waals surface area contributed by atoms with Crippen LogP contribution < -0.4 is 10.2 Å². The normalized spacial score (nSPS) is 10.6. The minimum Gasteiger partial charge on any atom is -0.354 e. The van der Waals surface area contributed by atoms with Crippen LogP contribution in [0.3, 0.4) is 0 Å². The molecule has 0 radical (unpaired) electrons. The van der Waals surface area contributed by atoms with E-state index in [4.69, 9.17) is 0 Å². The number of nitro groups is 1. The van der Waals surface area contributed by atoms with E-state index in [2.05, 4.69) is 15.3 Å². The second-order valence-electron chi connectivity index (χ2n) is 4.41. The summed E-state index contributed by atoms with van der Waals surface area (Å²) in [7, 11) is 5.69. The second kappa shape index (κ2) is 6.83. The first kappa shape index (κ1) is 15.1. The van der Waals surface area contributed by atoms with Crippen molar-refractivity contribution >= 4 is 17.5 Å². The third-order valence-electron chi connectivity index (χ3n) is 2.53. The van der Waals surface area contributed by atoms with E-state index in [1.54, 1.807) is 11.9 Å². The van der Waals surface area contributed by atoms with Gasteiger partial charge in [0.2, 0.25) is 11.8 Å². The number of nitrogens with one attached hydrogen (secondary N) is 1. The zero-order valence-electron chi connectivity index (χ0n) is 11.8. The molecule has 8 nitrogen and oxygen atoms in total. The fourth-order valence-corrected chi connectivity index (χ4v) is 1.48. The summed E-state index contributed by atoms with van der Waals surface area (Å²) in [5, 5.41) is 14.0. The molecule has 1 aromatic rings. The minimum absolute atomic E-state index is 0.0806. The standard InChI is InChI=1S/C11H20N6O2/c1-5-12-11-13-8-9(17(18)19)10(14-11)16(4)7-6-15(2)3/h8H,5-7H2,1-4H3,(H,12,13,14). The van der Waals surface area contributed by atoms with Gasteiger partial charge in [-0.1, -0.05) is 0 Å². The van der Waals surface area contributed by atoms with Crippen molar-refractivity contribution in [2.24, 2.45) is 0 Å². The van der Waals surface area contributed by atoms with Crippen LogP contribution in [0.5, 0.6) is 0 Å². The highest BCUT2D eigenvalue weighted by atomic mass is 16.6. The van der Waals surface area contributed by atoms with Crippen molar-refractivity contribution in [1.82, 2.24) is 14.9 Å². The average Bonchev–Trinajstić information content (AvgIpc) is 2.36. The maximum Gasteiger partial charge on any atom is 0.329 e. The van der Waals surface area contributed by atoms with Gasteiger partial charge in [0.25, 0.3) is 0 Å². The molecule has 0 amide bonds. The van der Waals surface area contributed by atoms with E-state index in [1.807, 2.05) is 25.9 Å². The van der Waals surface area contributed by atoms with Crippen molar-refractivity contribution in [3.63, 3.8) is 0 Å². The molecule has 0 spiro atoms. The van der Waals surface area contributed by atoms with Crippen molar-refractivity contribution in [2.75, 3.05) is 51.0 Å². The van der Waals surface area contributed by atoms with Gasteiger partial charge in [0.15, 0.2) is 0 Å². The first-order valence-electron chi connectivity index (χ1n) is 6.06. The molecular formula is C11H20N6O2. The van der Waals surface area contributed by atoms with E-state index in [0.717, 1.165) is 6.54 Å². The highest BCUT2D eigenvalue weighted by molar-refractivity contribution is 5.58. The molecule has 0 aliphatic rings. The summed E-state index contributed by atoms with van der Waals surface area (Å²) in [5.74, 6) is 0.734. The van der Waals surface area contributed by atoms with Gasteiger partial charge in [0, 0.05) is 26.7 Å². The Hall–Kier alpha value is -1.96. The number of rotatable bonds is 7. The number of hydrogen-bond acceptors (Lipinski definition) is 7. The molecule has 0 aliphatic carbocycles. The van der Waals surface area contributed by atoms with Gasteiger partial charge in [-0.15, -0.1) is 0 Å². The first-order valence-corrected chi connectivity index (χ1v) is 6.06. The molecule has 1 rings (SSSR count).